The Hall–Kier alpha value is -2.80. The van der Waals surface area contributed by atoms with E-state index in [0.29, 0.717) is 11.8 Å². The monoisotopic (exact) mass is 399 g/mol. The van der Waals surface area contributed by atoms with E-state index in [2.05, 4.69) is 11.7 Å². The second-order valence-electron chi connectivity index (χ2n) is 6.34. The van der Waals surface area contributed by atoms with Gasteiger partial charge in [-0.25, -0.2) is 9.59 Å². The first-order chi connectivity index (χ1) is 13.5. The van der Waals surface area contributed by atoms with Crippen molar-refractivity contribution in [3.63, 3.8) is 0 Å². The zero-order valence-corrected chi connectivity index (χ0v) is 16.5. The summed E-state index contributed by atoms with van der Waals surface area (Å²) in [6.07, 6.45) is 0.838. The Morgan fingerprint density at radius 3 is 2.39 bits per heavy atom. The van der Waals surface area contributed by atoms with E-state index in [1.54, 1.807) is 28.8 Å². The summed E-state index contributed by atoms with van der Waals surface area (Å²) < 4.78 is 9.90. The Bertz CT molecular complexity index is 898. The summed E-state index contributed by atoms with van der Waals surface area (Å²) in [6.45, 7) is 2.28. The summed E-state index contributed by atoms with van der Waals surface area (Å²) in [5, 5.41) is 0.383. The summed E-state index contributed by atoms with van der Waals surface area (Å²) in [5.41, 5.74) is 1.00. The van der Waals surface area contributed by atoms with Crippen molar-refractivity contribution in [1.82, 2.24) is 0 Å². The minimum absolute atomic E-state index is 0.0718. The molecule has 28 heavy (non-hydrogen) atoms. The van der Waals surface area contributed by atoms with Crippen molar-refractivity contribution in [1.29, 1.82) is 0 Å². The molecule has 7 heteroatoms. The van der Waals surface area contributed by atoms with Gasteiger partial charge in [0.2, 0.25) is 0 Å². The molecule has 0 saturated carbocycles. The maximum atomic E-state index is 12.8. The number of benzene rings is 2. The lowest BCUT2D eigenvalue weighted by Crippen LogP contribution is -2.36. The molecule has 0 radical (unpaired) electrons. The summed E-state index contributed by atoms with van der Waals surface area (Å²) in [6, 6.07) is 13.9. The van der Waals surface area contributed by atoms with Gasteiger partial charge in [-0.05, 0) is 30.7 Å². The van der Waals surface area contributed by atoms with Crippen molar-refractivity contribution in [3.05, 3.63) is 59.7 Å². The van der Waals surface area contributed by atoms with Gasteiger partial charge in [0.05, 0.1) is 23.9 Å². The summed E-state index contributed by atoms with van der Waals surface area (Å²) in [4.78, 5) is 39.7. The zero-order valence-electron chi connectivity index (χ0n) is 15.7. The third kappa shape index (κ3) is 4.36. The molecule has 0 N–H and O–H groups in total. The molecule has 1 aliphatic heterocycles. The summed E-state index contributed by atoms with van der Waals surface area (Å²) in [7, 11) is 1.24. The van der Waals surface area contributed by atoms with Crippen molar-refractivity contribution < 1.29 is 23.9 Å². The molecule has 1 aliphatic rings. The van der Waals surface area contributed by atoms with Crippen molar-refractivity contribution in [2.75, 3.05) is 25.2 Å². The Morgan fingerprint density at radius 2 is 1.68 bits per heavy atom. The SMILES string of the molecule is COC(=O)c1ccccc1C(=O)OCC(=O)N1CCC(C)Sc2ccccc21. The number of nitrogens with zero attached hydrogens (tertiary/aromatic N) is 1. The fourth-order valence-corrected chi connectivity index (χ4v) is 4.09. The van der Waals surface area contributed by atoms with Crippen LogP contribution in [0.15, 0.2) is 53.4 Å². The molecule has 0 fully saturated rings. The molecular formula is C21H21NO5S. The van der Waals surface area contributed by atoms with Gasteiger partial charge in [0.25, 0.3) is 5.91 Å². The van der Waals surface area contributed by atoms with Crippen LogP contribution in [0.5, 0.6) is 0 Å². The Labute approximate surface area is 167 Å². The van der Waals surface area contributed by atoms with Crippen LogP contribution in [-0.2, 0) is 14.3 Å². The van der Waals surface area contributed by atoms with E-state index in [0.717, 1.165) is 17.0 Å². The molecule has 0 spiro atoms. The van der Waals surface area contributed by atoms with Crippen LogP contribution < -0.4 is 4.90 Å². The topological polar surface area (TPSA) is 72.9 Å². The van der Waals surface area contributed by atoms with Crippen LogP contribution in [-0.4, -0.2) is 43.4 Å². The van der Waals surface area contributed by atoms with Crippen molar-refractivity contribution in [2.24, 2.45) is 0 Å². The van der Waals surface area contributed by atoms with Gasteiger partial charge in [-0.3, -0.25) is 4.79 Å². The molecule has 2 aromatic carbocycles. The first-order valence-electron chi connectivity index (χ1n) is 8.91. The van der Waals surface area contributed by atoms with Gasteiger partial charge in [-0.1, -0.05) is 31.2 Å². The number of esters is 2. The van der Waals surface area contributed by atoms with Crippen LogP contribution in [0.1, 0.15) is 34.1 Å². The maximum absolute atomic E-state index is 12.8. The zero-order chi connectivity index (χ0) is 20.1. The van der Waals surface area contributed by atoms with Gasteiger partial charge in [0.15, 0.2) is 6.61 Å². The number of para-hydroxylation sites is 1. The normalized spacial score (nSPS) is 15.9. The highest BCUT2D eigenvalue weighted by Crippen LogP contribution is 2.37. The highest BCUT2D eigenvalue weighted by Gasteiger charge is 2.25. The van der Waals surface area contributed by atoms with Gasteiger partial charge >= 0.3 is 11.9 Å². The Morgan fingerprint density at radius 1 is 1.04 bits per heavy atom. The number of carbonyl (C=O) groups is 3. The number of hydrogen-bond donors (Lipinski definition) is 0. The van der Waals surface area contributed by atoms with Gasteiger partial charge in [-0.2, -0.15) is 0 Å². The van der Waals surface area contributed by atoms with Gasteiger partial charge in [0, 0.05) is 16.7 Å². The molecule has 6 nitrogen and oxygen atoms in total. The van der Waals surface area contributed by atoms with Gasteiger partial charge in [0.1, 0.15) is 0 Å². The van der Waals surface area contributed by atoms with E-state index in [9.17, 15) is 14.4 Å². The van der Waals surface area contributed by atoms with E-state index < -0.39 is 18.5 Å². The number of hydrogen-bond acceptors (Lipinski definition) is 6. The van der Waals surface area contributed by atoms with Gasteiger partial charge in [-0.15, -0.1) is 11.8 Å². The molecule has 146 valence electrons. The second-order valence-corrected chi connectivity index (χ2v) is 7.82. The van der Waals surface area contributed by atoms with Gasteiger partial charge < -0.3 is 14.4 Å². The number of ether oxygens (including phenoxy) is 2. The largest absolute Gasteiger partial charge is 0.465 e. The van der Waals surface area contributed by atoms with E-state index in [-0.39, 0.29) is 17.0 Å². The fraction of sp³-hybridized carbons (Fsp3) is 0.286. The van der Waals surface area contributed by atoms with E-state index in [1.165, 1.54) is 19.2 Å². The fourth-order valence-electron chi connectivity index (χ4n) is 2.98. The number of anilines is 1. The standard InChI is InChI=1S/C21H21NO5S/c1-14-11-12-22(17-9-5-6-10-18(17)28-14)19(23)13-27-21(25)16-8-4-3-7-15(16)20(24)26-2/h3-10,14H,11-13H2,1-2H3. The van der Waals surface area contributed by atoms with Crippen LogP contribution in [0.4, 0.5) is 5.69 Å². The first kappa shape index (κ1) is 19.9. The number of amides is 1. The van der Waals surface area contributed by atoms with Crippen molar-refractivity contribution in [3.8, 4) is 0 Å². The molecule has 2 aromatic rings. The second kappa shape index (κ2) is 8.93. The highest BCUT2D eigenvalue weighted by molar-refractivity contribution is 8.00. The minimum Gasteiger partial charge on any atom is -0.465 e. The van der Waals surface area contributed by atoms with Crippen molar-refractivity contribution in [2.45, 2.75) is 23.5 Å². The molecule has 1 atom stereocenters. The quantitative estimate of drug-likeness (QED) is 0.732. The number of carbonyl (C=O) groups excluding carboxylic acids is 3. The highest BCUT2D eigenvalue weighted by atomic mass is 32.2. The average Bonchev–Trinajstić information content (AvgIpc) is 2.89. The van der Waals surface area contributed by atoms with E-state index in [4.69, 9.17) is 4.74 Å². The summed E-state index contributed by atoms with van der Waals surface area (Å²) in [5.74, 6) is -1.67. The van der Waals surface area contributed by atoms with Crippen LogP contribution in [0, 0.1) is 0 Å². The van der Waals surface area contributed by atoms with Crippen molar-refractivity contribution >= 4 is 35.3 Å². The molecular weight excluding hydrogens is 378 g/mol. The number of methoxy groups -OCH3 is 1. The van der Waals surface area contributed by atoms with Crippen LogP contribution >= 0.6 is 11.8 Å². The Kier molecular flexibility index (Phi) is 6.36. The first-order valence-corrected chi connectivity index (χ1v) is 9.79. The molecule has 0 aliphatic carbocycles. The maximum Gasteiger partial charge on any atom is 0.339 e. The number of thioether (sulfide) groups is 1. The summed E-state index contributed by atoms with van der Waals surface area (Å²) >= 11 is 1.73. The van der Waals surface area contributed by atoms with E-state index >= 15 is 0 Å². The lowest BCUT2D eigenvalue weighted by atomic mass is 10.1. The molecule has 0 bridgehead atoms. The molecule has 1 amide bonds. The Balaban J connectivity index is 1.73. The number of rotatable bonds is 4. The van der Waals surface area contributed by atoms with Crippen LogP contribution in [0.2, 0.25) is 0 Å². The molecule has 0 saturated heterocycles. The molecule has 3 rings (SSSR count). The molecule has 0 aromatic heterocycles. The average molecular weight is 399 g/mol. The minimum atomic E-state index is -0.736. The van der Waals surface area contributed by atoms with Crippen LogP contribution in [0.3, 0.4) is 0 Å². The predicted molar refractivity (Wildman–Crippen MR) is 107 cm³/mol. The lowest BCUT2D eigenvalue weighted by molar-refractivity contribution is -0.121. The molecule has 1 heterocycles. The smallest absolute Gasteiger partial charge is 0.339 e. The number of fused-ring (bicyclic) bond motifs is 1. The third-order valence-electron chi connectivity index (χ3n) is 4.42. The molecule has 1 unspecified atom stereocenters. The lowest BCUT2D eigenvalue weighted by Gasteiger charge is -2.22. The van der Waals surface area contributed by atoms with Crippen LogP contribution in [0.25, 0.3) is 0 Å². The third-order valence-corrected chi connectivity index (χ3v) is 5.66. The van der Waals surface area contributed by atoms with E-state index in [1.807, 2.05) is 24.3 Å². The predicted octanol–water partition coefficient (Wildman–Crippen LogP) is 3.55.